The van der Waals surface area contributed by atoms with E-state index in [1.165, 1.54) is 4.57 Å². The number of rotatable bonds is 8. The SMILES string of the molecule is CSNC(=O)c1nc(Cl)ccc1N[C@H](C)c1cc(C)cc2c(=O)n(C)c(N3CCC(c4c(F)cnn4C(F)F)CC3)nc12. The Bertz CT molecular complexity index is 1740. The number of hydrogen-bond acceptors (Lipinski definition) is 8. The predicted molar refractivity (Wildman–Crippen MR) is 162 cm³/mol. The minimum atomic E-state index is -2.93. The number of benzene rings is 1. The third-order valence-electron chi connectivity index (χ3n) is 7.58. The minimum absolute atomic E-state index is 0.102. The summed E-state index contributed by atoms with van der Waals surface area (Å²) in [5.41, 5.74) is 2.32. The molecule has 0 spiro atoms. The molecule has 4 aromatic rings. The lowest BCUT2D eigenvalue weighted by atomic mass is 9.93. The number of carbonyl (C=O) groups excluding carboxylic acids is 1. The molecule has 0 unspecified atom stereocenters. The highest BCUT2D eigenvalue weighted by Gasteiger charge is 2.30. The summed E-state index contributed by atoms with van der Waals surface area (Å²) in [5, 5.41) is 7.43. The van der Waals surface area contributed by atoms with Gasteiger partial charge in [0.2, 0.25) is 5.95 Å². The molecule has 0 bridgehead atoms. The summed E-state index contributed by atoms with van der Waals surface area (Å²) in [6.07, 6.45) is 3.30. The number of nitrogens with one attached hydrogen (secondary N) is 2. The fraction of sp³-hybridized carbons (Fsp3) is 0.393. The van der Waals surface area contributed by atoms with Gasteiger partial charge in [0, 0.05) is 37.9 Å². The first-order valence-corrected chi connectivity index (χ1v) is 15.1. The quantitative estimate of drug-likeness (QED) is 0.191. The maximum absolute atomic E-state index is 14.4. The molecular weight excluding hydrogens is 605 g/mol. The molecule has 43 heavy (non-hydrogen) atoms. The smallest absolute Gasteiger partial charge is 0.333 e. The highest BCUT2D eigenvalue weighted by atomic mass is 35.5. The van der Waals surface area contributed by atoms with Crippen molar-refractivity contribution < 1.29 is 18.0 Å². The number of hydrogen-bond donors (Lipinski definition) is 2. The van der Waals surface area contributed by atoms with Crippen LogP contribution in [0.3, 0.4) is 0 Å². The normalized spacial score (nSPS) is 14.9. The number of anilines is 2. The maximum Gasteiger partial charge on any atom is 0.333 e. The fourth-order valence-electron chi connectivity index (χ4n) is 5.57. The van der Waals surface area contributed by atoms with Crippen LogP contribution < -0.4 is 20.5 Å². The first-order chi connectivity index (χ1) is 20.5. The van der Waals surface area contributed by atoms with Crippen LogP contribution in [0.4, 0.5) is 24.8 Å². The van der Waals surface area contributed by atoms with Crippen LogP contribution in [0.2, 0.25) is 5.15 Å². The number of piperidine rings is 1. The summed E-state index contributed by atoms with van der Waals surface area (Å²) in [5.74, 6) is -1.18. The molecule has 1 saturated heterocycles. The fourth-order valence-corrected chi connectivity index (χ4v) is 6.00. The van der Waals surface area contributed by atoms with Crippen LogP contribution in [-0.4, -0.2) is 49.6 Å². The lowest BCUT2D eigenvalue weighted by molar-refractivity contribution is 0.0510. The third kappa shape index (κ3) is 6.03. The van der Waals surface area contributed by atoms with Crippen molar-refractivity contribution in [2.75, 3.05) is 29.6 Å². The Morgan fingerprint density at radius 1 is 1.19 bits per heavy atom. The third-order valence-corrected chi connectivity index (χ3v) is 8.18. The van der Waals surface area contributed by atoms with Crippen LogP contribution in [0.15, 0.2) is 35.3 Å². The summed E-state index contributed by atoms with van der Waals surface area (Å²) in [7, 11) is 1.64. The molecule has 0 aliphatic carbocycles. The second kappa shape index (κ2) is 12.4. The van der Waals surface area contributed by atoms with Crippen molar-refractivity contribution in [3.8, 4) is 0 Å². The number of amides is 1. The van der Waals surface area contributed by atoms with E-state index in [-0.39, 0.29) is 22.1 Å². The Labute approximate surface area is 254 Å². The highest BCUT2D eigenvalue weighted by molar-refractivity contribution is 7.97. The van der Waals surface area contributed by atoms with Crippen LogP contribution in [0.25, 0.3) is 10.9 Å². The second-order valence-corrected chi connectivity index (χ2v) is 11.4. The zero-order valence-electron chi connectivity index (χ0n) is 23.9. The Morgan fingerprint density at radius 3 is 2.58 bits per heavy atom. The molecule has 1 aliphatic heterocycles. The Morgan fingerprint density at radius 2 is 1.91 bits per heavy atom. The van der Waals surface area contributed by atoms with E-state index in [2.05, 4.69) is 20.1 Å². The number of aromatic nitrogens is 5. The summed E-state index contributed by atoms with van der Waals surface area (Å²) >= 11 is 7.21. The van der Waals surface area contributed by atoms with Gasteiger partial charge in [0.25, 0.3) is 11.5 Å². The molecule has 5 rings (SSSR count). The molecule has 10 nitrogen and oxygen atoms in total. The summed E-state index contributed by atoms with van der Waals surface area (Å²) in [4.78, 5) is 37.3. The maximum atomic E-state index is 14.4. The van der Waals surface area contributed by atoms with Crippen molar-refractivity contribution in [2.24, 2.45) is 7.05 Å². The number of aryl methyl sites for hydroxylation is 1. The van der Waals surface area contributed by atoms with Gasteiger partial charge >= 0.3 is 6.55 Å². The van der Waals surface area contributed by atoms with Gasteiger partial charge in [0.15, 0.2) is 11.5 Å². The highest BCUT2D eigenvalue weighted by Crippen LogP contribution is 2.34. The van der Waals surface area contributed by atoms with Crippen molar-refractivity contribution in [3.05, 3.63) is 74.3 Å². The first-order valence-electron chi connectivity index (χ1n) is 13.5. The van der Waals surface area contributed by atoms with Crippen LogP contribution in [-0.2, 0) is 7.05 Å². The number of carbonyl (C=O) groups is 1. The largest absolute Gasteiger partial charge is 0.377 e. The summed E-state index contributed by atoms with van der Waals surface area (Å²) < 4.78 is 45.8. The lowest BCUT2D eigenvalue weighted by Crippen LogP contribution is -2.38. The first kappa shape index (κ1) is 30.7. The number of alkyl halides is 2. The molecular formula is C28H30ClF3N8O2S. The van der Waals surface area contributed by atoms with Gasteiger partial charge in [-0.1, -0.05) is 29.6 Å². The number of halogens is 4. The Kier molecular flexibility index (Phi) is 8.88. The van der Waals surface area contributed by atoms with E-state index < -0.39 is 30.2 Å². The van der Waals surface area contributed by atoms with Gasteiger partial charge < -0.3 is 10.2 Å². The lowest BCUT2D eigenvalue weighted by Gasteiger charge is -2.33. The number of fused-ring (bicyclic) bond motifs is 1. The molecule has 4 heterocycles. The average Bonchev–Trinajstić information content (AvgIpc) is 3.37. The molecule has 1 atom stereocenters. The topological polar surface area (TPSA) is 110 Å². The van der Waals surface area contributed by atoms with E-state index in [1.54, 1.807) is 31.5 Å². The van der Waals surface area contributed by atoms with Crippen LogP contribution in [0.1, 0.15) is 65.6 Å². The van der Waals surface area contributed by atoms with Crippen molar-refractivity contribution in [1.29, 1.82) is 0 Å². The predicted octanol–water partition coefficient (Wildman–Crippen LogP) is 5.59. The zero-order chi connectivity index (χ0) is 31.0. The van der Waals surface area contributed by atoms with E-state index >= 15 is 0 Å². The molecule has 15 heteroatoms. The van der Waals surface area contributed by atoms with Gasteiger partial charge in [-0.3, -0.25) is 18.9 Å². The van der Waals surface area contributed by atoms with Crippen molar-refractivity contribution >= 4 is 52.0 Å². The molecule has 228 valence electrons. The van der Waals surface area contributed by atoms with E-state index in [9.17, 15) is 22.8 Å². The van der Waals surface area contributed by atoms with Crippen molar-refractivity contribution in [2.45, 2.75) is 45.2 Å². The van der Waals surface area contributed by atoms with Gasteiger partial charge in [0.1, 0.15) is 5.15 Å². The molecule has 1 fully saturated rings. The standard InChI is InChI=1S/C28H30ClF3N8O2S/c1-14-11-17(15(2)34-20-5-6-21(29)35-23(20)25(41)37-43-4)22-18(12-14)26(42)38(3)28(36-22)39-9-7-16(8-10-39)24-19(30)13-33-40(24)27(31)32/h5-6,11-13,15-16,27,34H,7-10H2,1-4H3,(H,37,41)/t15-/m1/s1. The van der Waals surface area contributed by atoms with E-state index in [0.29, 0.717) is 53.2 Å². The Hall–Kier alpha value is -3.78. The van der Waals surface area contributed by atoms with Gasteiger partial charge in [-0.05, 0) is 50.5 Å². The minimum Gasteiger partial charge on any atom is -0.377 e. The van der Waals surface area contributed by atoms with Crippen LogP contribution in [0.5, 0.6) is 0 Å². The van der Waals surface area contributed by atoms with Gasteiger partial charge in [-0.25, -0.2) is 19.0 Å². The van der Waals surface area contributed by atoms with Crippen molar-refractivity contribution in [3.63, 3.8) is 0 Å². The van der Waals surface area contributed by atoms with E-state index in [4.69, 9.17) is 16.6 Å². The number of nitrogens with zero attached hydrogens (tertiary/aromatic N) is 6. The summed E-state index contributed by atoms with van der Waals surface area (Å²) in [6.45, 7) is 1.60. The Balaban J connectivity index is 1.48. The molecule has 1 amide bonds. The number of pyridine rings is 1. The molecule has 2 N–H and O–H groups in total. The summed E-state index contributed by atoms with van der Waals surface area (Å²) in [6, 6.07) is 6.57. The van der Waals surface area contributed by atoms with Gasteiger partial charge in [0.05, 0.1) is 34.5 Å². The van der Waals surface area contributed by atoms with Gasteiger partial charge in [-0.15, -0.1) is 0 Å². The van der Waals surface area contributed by atoms with Crippen LogP contribution in [0, 0.1) is 12.7 Å². The zero-order valence-corrected chi connectivity index (χ0v) is 25.4. The monoisotopic (exact) mass is 634 g/mol. The average molecular weight is 635 g/mol. The van der Waals surface area contributed by atoms with Crippen LogP contribution >= 0.6 is 23.5 Å². The molecule has 3 aromatic heterocycles. The van der Waals surface area contributed by atoms with E-state index in [0.717, 1.165) is 29.3 Å². The molecule has 1 aromatic carbocycles. The molecule has 1 aliphatic rings. The van der Waals surface area contributed by atoms with Crippen molar-refractivity contribution in [1.82, 2.24) is 29.0 Å². The second-order valence-electron chi connectivity index (χ2n) is 10.4. The van der Waals surface area contributed by atoms with Gasteiger partial charge in [-0.2, -0.15) is 13.9 Å². The molecule has 0 radical (unpaired) electrons. The molecule has 0 saturated carbocycles. The van der Waals surface area contributed by atoms with E-state index in [1.807, 2.05) is 24.8 Å².